The molecule has 0 aliphatic carbocycles. The lowest BCUT2D eigenvalue weighted by Crippen LogP contribution is -2.32. The Hall–Kier alpha value is -0.160. The highest BCUT2D eigenvalue weighted by molar-refractivity contribution is 4.62. The zero-order valence-electron chi connectivity index (χ0n) is 8.89. The SMILES string of the molecule is CC(C)(C)NO.CC(C)(C)NO. The third-order valence-electron chi connectivity index (χ3n) is 0.671. The Morgan fingerprint density at radius 2 is 0.750 bits per heavy atom. The number of nitrogens with one attached hydrogen (secondary N) is 2. The van der Waals surface area contributed by atoms with Gasteiger partial charge in [-0.15, -0.1) is 0 Å². The van der Waals surface area contributed by atoms with E-state index in [1.807, 2.05) is 41.5 Å². The van der Waals surface area contributed by atoms with Gasteiger partial charge in [-0.05, 0) is 41.5 Å². The minimum absolute atomic E-state index is 0.153. The summed E-state index contributed by atoms with van der Waals surface area (Å²) >= 11 is 0. The van der Waals surface area contributed by atoms with Crippen LogP contribution in [-0.4, -0.2) is 21.5 Å². The van der Waals surface area contributed by atoms with E-state index in [1.54, 1.807) is 0 Å². The fraction of sp³-hybridized carbons (Fsp3) is 1.00. The predicted molar refractivity (Wildman–Crippen MR) is 49.4 cm³/mol. The van der Waals surface area contributed by atoms with Crippen LogP contribution >= 0.6 is 0 Å². The smallest absolute Gasteiger partial charge is 0.0345 e. The summed E-state index contributed by atoms with van der Waals surface area (Å²) in [5, 5.41) is 16.3. The molecular weight excluding hydrogens is 156 g/mol. The normalized spacial score (nSPS) is 12.0. The molecule has 0 rings (SSSR count). The van der Waals surface area contributed by atoms with Gasteiger partial charge in [0.25, 0.3) is 0 Å². The van der Waals surface area contributed by atoms with E-state index < -0.39 is 0 Å². The summed E-state index contributed by atoms with van der Waals surface area (Å²) in [6, 6.07) is 0. The maximum atomic E-state index is 8.15. The first-order valence-electron chi connectivity index (χ1n) is 3.95. The summed E-state index contributed by atoms with van der Waals surface area (Å²) in [5.74, 6) is 0. The third kappa shape index (κ3) is 22.5. The van der Waals surface area contributed by atoms with E-state index in [-0.39, 0.29) is 11.1 Å². The Balaban J connectivity index is 0. The average molecular weight is 178 g/mol. The molecule has 0 aliphatic rings. The fourth-order valence-corrected chi connectivity index (χ4v) is 0. The fourth-order valence-electron chi connectivity index (χ4n) is 0. The molecule has 0 unspecified atom stereocenters. The van der Waals surface area contributed by atoms with Crippen molar-refractivity contribution in [3.63, 3.8) is 0 Å². The molecule has 0 aromatic carbocycles. The van der Waals surface area contributed by atoms with Gasteiger partial charge in [0.05, 0.1) is 0 Å². The van der Waals surface area contributed by atoms with Crippen molar-refractivity contribution in [1.29, 1.82) is 0 Å². The van der Waals surface area contributed by atoms with Crippen LogP contribution in [0, 0.1) is 0 Å². The molecule has 0 saturated heterocycles. The minimum atomic E-state index is -0.153. The van der Waals surface area contributed by atoms with Gasteiger partial charge >= 0.3 is 0 Å². The highest BCUT2D eigenvalue weighted by atomic mass is 16.5. The first-order chi connectivity index (χ1) is 5.12. The molecule has 4 heteroatoms. The molecule has 0 fully saturated rings. The lowest BCUT2D eigenvalue weighted by molar-refractivity contribution is 0.0918. The Morgan fingerprint density at radius 3 is 0.750 bits per heavy atom. The summed E-state index contributed by atoms with van der Waals surface area (Å²) in [7, 11) is 0. The Kier molecular flexibility index (Phi) is 6.56. The van der Waals surface area contributed by atoms with E-state index in [4.69, 9.17) is 10.4 Å². The highest BCUT2D eigenvalue weighted by Gasteiger charge is 2.04. The molecule has 4 nitrogen and oxygen atoms in total. The topological polar surface area (TPSA) is 64.5 Å². The van der Waals surface area contributed by atoms with Crippen LogP contribution < -0.4 is 11.0 Å². The first-order valence-corrected chi connectivity index (χ1v) is 3.95. The van der Waals surface area contributed by atoms with Crippen molar-refractivity contribution in [2.75, 3.05) is 0 Å². The minimum Gasteiger partial charge on any atom is -0.316 e. The molecular formula is C8H22N2O2. The molecule has 4 N–H and O–H groups in total. The van der Waals surface area contributed by atoms with Crippen molar-refractivity contribution >= 4 is 0 Å². The Bertz CT molecular complexity index is 88.6. The Morgan fingerprint density at radius 1 is 0.667 bits per heavy atom. The molecule has 0 aliphatic heterocycles. The van der Waals surface area contributed by atoms with Crippen LogP contribution in [0.5, 0.6) is 0 Å². The maximum Gasteiger partial charge on any atom is 0.0345 e. The van der Waals surface area contributed by atoms with Gasteiger partial charge in [0, 0.05) is 11.1 Å². The standard InChI is InChI=1S/2C4H11NO/c2*1-4(2,3)5-6/h2*5-6H,1-3H3. The molecule has 0 radical (unpaired) electrons. The van der Waals surface area contributed by atoms with Gasteiger partial charge in [0.2, 0.25) is 0 Å². The monoisotopic (exact) mass is 178 g/mol. The van der Waals surface area contributed by atoms with Crippen LogP contribution in [0.4, 0.5) is 0 Å². The average Bonchev–Trinajstić information content (AvgIpc) is 1.86. The summed E-state index contributed by atoms with van der Waals surface area (Å²) in [4.78, 5) is 0. The van der Waals surface area contributed by atoms with Gasteiger partial charge in [-0.3, -0.25) is 0 Å². The maximum absolute atomic E-state index is 8.15. The van der Waals surface area contributed by atoms with Crippen LogP contribution in [0.25, 0.3) is 0 Å². The second-order valence-corrected chi connectivity index (χ2v) is 4.72. The number of hydrogen-bond acceptors (Lipinski definition) is 4. The van der Waals surface area contributed by atoms with Gasteiger partial charge in [-0.2, -0.15) is 0 Å². The third-order valence-corrected chi connectivity index (χ3v) is 0.671. The summed E-state index contributed by atoms with van der Waals surface area (Å²) in [5.41, 5.74) is 3.90. The molecule has 12 heavy (non-hydrogen) atoms. The van der Waals surface area contributed by atoms with Crippen molar-refractivity contribution in [2.45, 2.75) is 52.6 Å². The van der Waals surface area contributed by atoms with E-state index in [0.717, 1.165) is 0 Å². The molecule has 0 heterocycles. The first kappa shape index (κ1) is 14.4. The Labute approximate surface area is 74.9 Å². The van der Waals surface area contributed by atoms with Gasteiger partial charge in [-0.25, -0.2) is 11.0 Å². The van der Waals surface area contributed by atoms with Crippen molar-refractivity contribution in [3.8, 4) is 0 Å². The molecule has 0 aromatic rings. The summed E-state index contributed by atoms with van der Waals surface area (Å²) in [6.07, 6.45) is 0. The molecule has 76 valence electrons. The van der Waals surface area contributed by atoms with Crippen LogP contribution in [0.2, 0.25) is 0 Å². The van der Waals surface area contributed by atoms with E-state index in [1.165, 1.54) is 0 Å². The van der Waals surface area contributed by atoms with E-state index in [2.05, 4.69) is 11.0 Å². The number of hydroxylamine groups is 2. The van der Waals surface area contributed by atoms with Gasteiger partial charge < -0.3 is 10.4 Å². The van der Waals surface area contributed by atoms with Gasteiger partial charge in [0.15, 0.2) is 0 Å². The summed E-state index contributed by atoms with van der Waals surface area (Å²) < 4.78 is 0. The number of rotatable bonds is 0. The van der Waals surface area contributed by atoms with Crippen LogP contribution in [0.1, 0.15) is 41.5 Å². The number of hydrogen-bond donors (Lipinski definition) is 4. The molecule has 0 saturated carbocycles. The molecule has 0 bridgehead atoms. The summed E-state index contributed by atoms with van der Waals surface area (Å²) in [6.45, 7) is 11.3. The van der Waals surface area contributed by atoms with Crippen LogP contribution in [-0.2, 0) is 0 Å². The molecule has 0 aromatic heterocycles. The van der Waals surface area contributed by atoms with Crippen molar-refractivity contribution in [1.82, 2.24) is 11.0 Å². The van der Waals surface area contributed by atoms with Gasteiger partial charge in [-0.1, -0.05) is 0 Å². The quantitative estimate of drug-likeness (QED) is 0.425. The highest BCUT2D eigenvalue weighted by Crippen LogP contribution is 1.94. The van der Waals surface area contributed by atoms with E-state index in [9.17, 15) is 0 Å². The van der Waals surface area contributed by atoms with Gasteiger partial charge in [0.1, 0.15) is 0 Å². The van der Waals surface area contributed by atoms with Crippen LogP contribution in [0.15, 0.2) is 0 Å². The lowest BCUT2D eigenvalue weighted by Gasteiger charge is -2.13. The van der Waals surface area contributed by atoms with Crippen molar-refractivity contribution in [2.24, 2.45) is 0 Å². The molecule has 0 amide bonds. The second-order valence-electron chi connectivity index (χ2n) is 4.72. The van der Waals surface area contributed by atoms with Crippen molar-refractivity contribution < 1.29 is 10.4 Å². The molecule has 0 spiro atoms. The van der Waals surface area contributed by atoms with E-state index >= 15 is 0 Å². The molecule has 0 atom stereocenters. The zero-order valence-corrected chi connectivity index (χ0v) is 8.89. The largest absolute Gasteiger partial charge is 0.316 e. The lowest BCUT2D eigenvalue weighted by atomic mass is 10.1. The van der Waals surface area contributed by atoms with E-state index in [0.29, 0.717) is 0 Å². The second kappa shape index (κ2) is 5.48. The zero-order chi connectivity index (χ0) is 10.4. The van der Waals surface area contributed by atoms with Crippen LogP contribution in [0.3, 0.4) is 0 Å². The van der Waals surface area contributed by atoms with Crippen molar-refractivity contribution in [3.05, 3.63) is 0 Å². The predicted octanol–water partition coefficient (Wildman–Crippen LogP) is 1.53.